The highest BCUT2D eigenvalue weighted by atomic mass is 32.1. The molecule has 1 aliphatic carbocycles. The minimum atomic E-state index is -0.596. The smallest absolute Gasteiger partial charge is 0.173 e. The van der Waals surface area contributed by atoms with Crippen molar-refractivity contribution >= 4 is 11.3 Å². The second-order valence-corrected chi connectivity index (χ2v) is 5.26. The first kappa shape index (κ1) is 9.99. The Kier molecular flexibility index (Phi) is 2.32. The minimum Gasteiger partial charge on any atom is -0.487 e. The van der Waals surface area contributed by atoms with Crippen LogP contribution in [0.2, 0.25) is 0 Å². The Labute approximate surface area is 88.5 Å². The molecule has 0 aliphatic heterocycles. The van der Waals surface area contributed by atoms with Crippen LogP contribution in [0.4, 0.5) is 0 Å². The number of rotatable bonds is 2. The first-order valence-electron chi connectivity index (χ1n) is 4.94. The number of thiophene rings is 1. The first-order chi connectivity index (χ1) is 6.58. The van der Waals surface area contributed by atoms with Crippen molar-refractivity contribution in [1.29, 1.82) is 0 Å². The fourth-order valence-electron chi connectivity index (χ4n) is 2.15. The molecule has 78 valence electrons. The summed E-state index contributed by atoms with van der Waals surface area (Å²) in [7, 11) is 1.66. The van der Waals surface area contributed by atoms with E-state index in [0.717, 1.165) is 16.4 Å². The normalized spacial score (nSPS) is 36.6. The molecule has 0 spiro atoms. The van der Waals surface area contributed by atoms with Crippen molar-refractivity contribution in [3.63, 3.8) is 0 Å². The van der Waals surface area contributed by atoms with Gasteiger partial charge in [-0.25, -0.2) is 0 Å². The quantitative estimate of drug-likeness (QED) is 0.816. The number of hydrogen-bond acceptors (Lipinski definition) is 3. The fourth-order valence-corrected chi connectivity index (χ4v) is 3.17. The van der Waals surface area contributed by atoms with E-state index in [0.29, 0.717) is 11.8 Å². The van der Waals surface area contributed by atoms with E-state index < -0.39 is 5.60 Å². The molecule has 2 nitrogen and oxygen atoms in total. The first-order valence-corrected chi connectivity index (χ1v) is 5.76. The van der Waals surface area contributed by atoms with E-state index in [1.807, 2.05) is 12.1 Å². The molecular formula is C11H16O2S. The molecule has 0 amide bonds. The molecule has 1 heterocycles. The zero-order valence-corrected chi connectivity index (χ0v) is 9.60. The Hall–Kier alpha value is -0.540. The topological polar surface area (TPSA) is 29.5 Å². The molecular weight excluding hydrogens is 196 g/mol. The third kappa shape index (κ3) is 1.27. The number of ether oxygens (including phenoxy) is 1. The van der Waals surface area contributed by atoms with Gasteiger partial charge in [0.1, 0.15) is 5.60 Å². The van der Waals surface area contributed by atoms with E-state index in [9.17, 15) is 5.11 Å². The summed E-state index contributed by atoms with van der Waals surface area (Å²) in [5.74, 6) is 0.971. The van der Waals surface area contributed by atoms with E-state index in [2.05, 4.69) is 13.8 Å². The Morgan fingerprint density at radius 3 is 2.64 bits per heavy atom. The molecule has 2 rings (SSSR count). The summed E-state index contributed by atoms with van der Waals surface area (Å²) in [5, 5.41) is 11.3. The van der Waals surface area contributed by atoms with E-state index >= 15 is 0 Å². The molecule has 1 saturated carbocycles. The predicted octanol–water partition coefficient (Wildman–Crippen LogP) is 2.62. The molecule has 0 radical (unpaired) electrons. The zero-order chi connectivity index (χ0) is 10.3. The molecule has 1 aromatic heterocycles. The second-order valence-electron chi connectivity index (χ2n) is 4.22. The molecule has 14 heavy (non-hydrogen) atoms. The lowest BCUT2D eigenvalue weighted by Crippen LogP contribution is -2.48. The summed E-state index contributed by atoms with van der Waals surface area (Å²) in [6.07, 6.45) is 0.873. The van der Waals surface area contributed by atoms with E-state index in [1.165, 1.54) is 0 Å². The Morgan fingerprint density at radius 2 is 2.21 bits per heavy atom. The number of hydrogen-bond donors (Lipinski definition) is 1. The molecule has 0 saturated heterocycles. The second kappa shape index (κ2) is 3.24. The number of aliphatic hydroxyl groups is 1. The van der Waals surface area contributed by atoms with Crippen LogP contribution in [0.1, 0.15) is 25.1 Å². The van der Waals surface area contributed by atoms with Crippen LogP contribution in [0.25, 0.3) is 0 Å². The molecule has 1 N–H and O–H groups in total. The van der Waals surface area contributed by atoms with Crippen molar-refractivity contribution in [3.05, 3.63) is 17.0 Å². The lowest BCUT2D eigenvalue weighted by atomic mass is 9.62. The Bertz CT molecular complexity index is 334. The van der Waals surface area contributed by atoms with Gasteiger partial charge < -0.3 is 9.84 Å². The lowest BCUT2D eigenvalue weighted by molar-refractivity contribution is -0.129. The van der Waals surface area contributed by atoms with Gasteiger partial charge in [0.15, 0.2) is 5.06 Å². The standard InChI is InChI=1S/C11H16O2S/c1-7-6-11(12,8(7)2)9-4-5-10(13-3)14-9/h4-5,7-8,12H,6H2,1-3H3. The highest BCUT2D eigenvalue weighted by molar-refractivity contribution is 7.14. The van der Waals surface area contributed by atoms with Gasteiger partial charge in [-0.2, -0.15) is 0 Å². The van der Waals surface area contributed by atoms with Crippen molar-refractivity contribution in [1.82, 2.24) is 0 Å². The summed E-state index contributed by atoms with van der Waals surface area (Å²) in [5.41, 5.74) is -0.596. The third-order valence-electron chi connectivity index (χ3n) is 3.45. The molecule has 0 bridgehead atoms. The van der Waals surface area contributed by atoms with E-state index in [4.69, 9.17) is 4.74 Å². The molecule has 3 atom stereocenters. The van der Waals surface area contributed by atoms with Gasteiger partial charge in [-0.3, -0.25) is 0 Å². The fraction of sp³-hybridized carbons (Fsp3) is 0.636. The highest BCUT2D eigenvalue weighted by Gasteiger charge is 2.49. The summed E-state index contributed by atoms with van der Waals surface area (Å²) in [4.78, 5) is 1.04. The van der Waals surface area contributed by atoms with Gasteiger partial charge in [-0.1, -0.05) is 13.8 Å². The average molecular weight is 212 g/mol. The van der Waals surface area contributed by atoms with Crippen LogP contribution in [-0.4, -0.2) is 12.2 Å². The van der Waals surface area contributed by atoms with Crippen LogP contribution < -0.4 is 4.74 Å². The maximum atomic E-state index is 10.4. The largest absolute Gasteiger partial charge is 0.487 e. The van der Waals surface area contributed by atoms with Crippen LogP contribution in [-0.2, 0) is 5.60 Å². The van der Waals surface area contributed by atoms with Gasteiger partial charge in [0.05, 0.1) is 7.11 Å². The van der Waals surface area contributed by atoms with Gasteiger partial charge in [0, 0.05) is 4.88 Å². The van der Waals surface area contributed by atoms with Crippen molar-refractivity contribution < 1.29 is 9.84 Å². The molecule has 1 aliphatic rings. The third-order valence-corrected chi connectivity index (χ3v) is 4.66. The van der Waals surface area contributed by atoms with Gasteiger partial charge in [0.25, 0.3) is 0 Å². The van der Waals surface area contributed by atoms with Gasteiger partial charge >= 0.3 is 0 Å². The van der Waals surface area contributed by atoms with E-state index in [-0.39, 0.29) is 0 Å². The van der Waals surface area contributed by atoms with Crippen molar-refractivity contribution in [3.8, 4) is 5.06 Å². The van der Waals surface area contributed by atoms with Crippen LogP contribution in [0.5, 0.6) is 5.06 Å². The van der Waals surface area contributed by atoms with Gasteiger partial charge in [-0.15, -0.1) is 11.3 Å². The van der Waals surface area contributed by atoms with Gasteiger partial charge in [-0.05, 0) is 30.4 Å². The van der Waals surface area contributed by atoms with E-state index in [1.54, 1.807) is 18.4 Å². The Morgan fingerprint density at radius 1 is 1.50 bits per heavy atom. The summed E-state index contributed by atoms with van der Waals surface area (Å²) in [6.45, 7) is 4.30. The zero-order valence-electron chi connectivity index (χ0n) is 8.78. The SMILES string of the molecule is COc1ccc(C2(O)CC(C)C2C)s1. The monoisotopic (exact) mass is 212 g/mol. The minimum absolute atomic E-state index is 0.353. The van der Waals surface area contributed by atoms with Crippen molar-refractivity contribution in [2.75, 3.05) is 7.11 Å². The molecule has 1 aromatic rings. The van der Waals surface area contributed by atoms with Crippen LogP contribution in [0.3, 0.4) is 0 Å². The predicted molar refractivity (Wildman–Crippen MR) is 57.7 cm³/mol. The average Bonchev–Trinajstić information content (AvgIpc) is 2.65. The lowest BCUT2D eigenvalue weighted by Gasteiger charge is -2.48. The maximum Gasteiger partial charge on any atom is 0.173 e. The van der Waals surface area contributed by atoms with Crippen LogP contribution >= 0.6 is 11.3 Å². The van der Waals surface area contributed by atoms with Crippen LogP contribution in [0.15, 0.2) is 12.1 Å². The maximum absolute atomic E-state index is 10.4. The van der Waals surface area contributed by atoms with Crippen molar-refractivity contribution in [2.24, 2.45) is 11.8 Å². The summed E-state index contributed by atoms with van der Waals surface area (Å²) in [6, 6.07) is 3.90. The number of methoxy groups -OCH3 is 1. The summed E-state index contributed by atoms with van der Waals surface area (Å²) < 4.78 is 5.13. The molecule has 0 aromatic carbocycles. The van der Waals surface area contributed by atoms with Gasteiger partial charge in [0.2, 0.25) is 0 Å². The molecule has 1 fully saturated rings. The Balaban J connectivity index is 2.23. The van der Waals surface area contributed by atoms with Crippen molar-refractivity contribution in [2.45, 2.75) is 25.9 Å². The van der Waals surface area contributed by atoms with Crippen LogP contribution in [0, 0.1) is 11.8 Å². The highest BCUT2D eigenvalue weighted by Crippen LogP contribution is 2.52. The molecule has 3 unspecified atom stereocenters. The summed E-state index contributed by atoms with van der Waals surface area (Å²) >= 11 is 1.55. The molecule has 3 heteroatoms.